The van der Waals surface area contributed by atoms with Crippen molar-refractivity contribution in [1.82, 2.24) is 10.3 Å². The van der Waals surface area contributed by atoms with Gasteiger partial charge >= 0.3 is 5.69 Å². The summed E-state index contributed by atoms with van der Waals surface area (Å²) >= 11 is 0. The number of benzene rings is 3. The van der Waals surface area contributed by atoms with Crippen LogP contribution in [0.4, 0.5) is 17.1 Å². The number of ether oxygens (including phenoxy) is 1. The average Bonchev–Trinajstić information content (AvgIpc) is 3.12. The molecule has 0 aliphatic carbocycles. The second-order valence-corrected chi connectivity index (χ2v) is 5.42. The van der Waals surface area contributed by atoms with Crippen LogP contribution in [0.1, 0.15) is 0 Å². The Hall–Kier alpha value is -3.94. The third-order valence-electron chi connectivity index (χ3n) is 3.70. The topological polar surface area (TPSA) is 103 Å². The van der Waals surface area contributed by atoms with Crippen LogP contribution in [0.2, 0.25) is 0 Å². The Morgan fingerprint density at radius 1 is 0.923 bits per heavy atom. The van der Waals surface area contributed by atoms with Crippen molar-refractivity contribution in [2.45, 2.75) is 0 Å². The SMILES string of the molecule is O=[N+]([O-])c1c(Nc2ccc(Oc3ccccc3)cc2)ccc2nonc12. The minimum atomic E-state index is -0.512. The van der Waals surface area contributed by atoms with E-state index in [0.29, 0.717) is 22.6 Å². The summed E-state index contributed by atoms with van der Waals surface area (Å²) in [6.07, 6.45) is 0. The fourth-order valence-corrected chi connectivity index (χ4v) is 2.51. The fraction of sp³-hybridized carbons (Fsp3) is 0. The fourth-order valence-electron chi connectivity index (χ4n) is 2.51. The Kier molecular flexibility index (Phi) is 3.91. The maximum absolute atomic E-state index is 11.4. The van der Waals surface area contributed by atoms with Gasteiger partial charge in [0.25, 0.3) is 0 Å². The molecule has 0 aliphatic rings. The molecule has 8 nitrogen and oxygen atoms in total. The molecule has 0 aliphatic heterocycles. The summed E-state index contributed by atoms with van der Waals surface area (Å²) in [5, 5.41) is 21.7. The monoisotopic (exact) mass is 348 g/mol. The first-order valence-corrected chi connectivity index (χ1v) is 7.70. The number of nitrogens with one attached hydrogen (secondary N) is 1. The van der Waals surface area contributed by atoms with E-state index in [0.717, 1.165) is 5.75 Å². The molecule has 0 atom stereocenters. The molecule has 26 heavy (non-hydrogen) atoms. The number of para-hydroxylation sites is 1. The number of nitrogens with zero attached hydrogens (tertiary/aromatic N) is 3. The normalized spacial score (nSPS) is 10.6. The largest absolute Gasteiger partial charge is 0.457 e. The van der Waals surface area contributed by atoms with Gasteiger partial charge in [-0.05, 0) is 58.8 Å². The molecule has 8 heteroatoms. The molecular weight excluding hydrogens is 336 g/mol. The number of rotatable bonds is 5. The first kappa shape index (κ1) is 15.6. The molecular formula is C18H12N4O4. The van der Waals surface area contributed by atoms with Crippen molar-refractivity contribution in [3.05, 3.63) is 76.8 Å². The lowest BCUT2D eigenvalue weighted by atomic mass is 10.2. The predicted molar refractivity (Wildman–Crippen MR) is 94.7 cm³/mol. The van der Waals surface area contributed by atoms with Crippen molar-refractivity contribution in [3.63, 3.8) is 0 Å². The summed E-state index contributed by atoms with van der Waals surface area (Å²) in [5.74, 6) is 1.39. The molecule has 1 heterocycles. The highest BCUT2D eigenvalue weighted by molar-refractivity contribution is 5.91. The van der Waals surface area contributed by atoms with Crippen molar-refractivity contribution in [3.8, 4) is 11.5 Å². The Bertz CT molecular complexity index is 1060. The summed E-state index contributed by atoms with van der Waals surface area (Å²) in [6, 6.07) is 19.7. The van der Waals surface area contributed by atoms with Crippen molar-refractivity contribution in [2.75, 3.05) is 5.32 Å². The molecule has 1 N–H and O–H groups in total. The summed E-state index contributed by atoms with van der Waals surface area (Å²) in [7, 11) is 0. The summed E-state index contributed by atoms with van der Waals surface area (Å²) in [4.78, 5) is 10.9. The van der Waals surface area contributed by atoms with Gasteiger partial charge in [-0.2, -0.15) is 0 Å². The minimum absolute atomic E-state index is 0.101. The first-order valence-electron chi connectivity index (χ1n) is 7.70. The van der Waals surface area contributed by atoms with Crippen LogP contribution in [0.3, 0.4) is 0 Å². The lowest BCUT2D eigenvalue weighted by Gasteiger charge is -2.09. The van der Waals surface area contributed by atoms with E-state index < -0.39 is 4.92 Å². The smallest absolute Gasteiger partial charge is 0.323 e. The quantitative estimate of drug-likeness (QED) is 0.413. The van der Waals surface area contributed by atoms with Gasteiger partial charge in [-0.3, -0.25) is 10.1 Å². The van der Waals surface area contributed by atoms with Crippen molar-refractivity contribution in [2.24, 2.45) is 0 Å². The Balaban J connectivity index is 1.59. The average molecular weight is 348 g/mol. The number of hydrogen-bond acceptors (Lipinski definition) is 7. The zero-order chi connectivity index (χ0) is 17.9. The van der Waals surface area contributed by atoms with E-state index in [2.05, 4.69) is 20.3 Å². The summed E-state index contributed by atoms with van der Waals surface area (Å²) in [5.41, 5.74) is 1.21. The molecule has 3 aromatic carbocycles. The lowest BCUT2D eigenvalue weighted by molar-refractivity contribution is -0.382. The van der Waals surface area contributed by atoms with Crippen LogP contribution in [-0.4, -0.2) is 15.2 Å². The molecule has 0 fully saturated rings. The van der Waals surface area contributed by atoms with Gasteiger partial charge in [-0.15, -0.1) is 0 Å². The molecule has 0 spiro atoms. The number of fused-ring (bicyclic) bond motifs is 1. The van der Waals surface area contributed by atoms with Gasteiger partial charge in [0.2, 0.25) is 5.52 Å². The van der Waals surface area contributed by atoms with E-state index in [1.807, 2.05) is 30.3 Å². The van der Waals surface area contributed by atoms with E-state index >= 15 is 0 Å². The van der Waals surface area contributed by atoms with Gasteiger partial charge < -0.3 is 10.1 Å². The molecule has 4 rings (SSSR count). The van der Waals surface area contributed by atoms with Gasteiger partial charge in [0, 0.05) is 5.69 Å². The van der Waals surface area contributed by atoms with Crippen LogP contribution in [0.25, 0.3) is 11.0 Å². The molecule has 0 saturated carbocycles. The molecule has 128 valence electrons. The zero-order valence-electron chi connectivity index (χ0n) is 13.3. The second kappa shape index (κ2) is 6.52. The van der Waals surface area contributed by atoms with Crippen LogP contribution < -0.4 is 10.1 Å². The maximum atomic E-state index is 11.4. The minimum Gasteiger partial charge on any atom is -0.457 e. The lowest BCUT2D eigenvalue weighted by Crippen LogP contribution is -1.98. The molecule has 0 unspecified atom stereocenters. The Morgan fingerprint density at radius 3 is 2.38 bits per heavy atom. The first-order chi connectivity index (χ1) is 12.7. The third-order valence-corrected chi connectivity index (χ3v) is 3.70. The van der Waals surface area contributed by atoms with E-state index in [4.69, 9.17) is 4.74 Å². The van der Waals surface area contributed by atoms with Crippen LogP contribution >= 0.6 is 0 Å². The molecule has 0 amide bonds. The predicted octanol–water partition coefficient (Wildman–Crippen LogP) is 4.67. The molecule has 0 saturated heterocycles. The highest BCUT2D eigenvalue weighted by Crippen LogP contribution is 2.34. The van der Waals surface area contributed by atoms with Gasteiger partial charge in [0.1, 0.15) is 22.7 Å². The number of hydrogen-bond donors (Lipinski definition) is 1. The van der Waals surface area contributed by atoms with Gasteiger partial charge in [0.15, 0.2) is 0 Å². The molecule has 0 radical (unpaired) electrons. The van der Waals surface area contributed by atoms with Gasteiger partial charge in [0.05, 0.1) is 4.92 Å². The standard InChI is InChI=1S/C18H12N4O4/c23-22(24)18-16(11-10-15-17(18)21-26-20-15)19-12-6-8-14(9-7-12)25-13-4-2-1-3-5-13/h1-11,19H. The van der Waals surface area contributed by atoms with Crippen LogP contribution in [-0.2, 0) is 0 Å². The van der Waals surface area contributed by atoms with Crippen LogP contribution in [0, 0.1) is 10.1 Å². The number of aromatic nitrogens is 2. The van der Waals surface area contributed by atoms with Crippen molar-refractivity contribution < 1.29 is 14.3 Å². The Labute approximate surface area is 147 Å². The highest BCUT2D eigenvalue weighted by atomic mass is 16.6. The van der Waals surface area contributed by atoms with Crippen LogP contribution in [0.15, 0.2) is 71.4 Å². The van der Waals surface area contributed by atoms with Crippen molar-refractivity contribution >= 4 is 28.1 Å². The molecule has 0 bridgehead atoms. The molecule has 4 aromatic rings. The summed E-state index contributed by atoms with van der Waals surface area (Å²) < 4.78 is 10.3. The van der Waals surface area contributed by atoms with E-state index in [9.17, 15) is 10.1 Å². The molecule has 1 aromatic heterocycles. The number of nitro groups is 1. The van der Waals surface area contributed by atoms with E-state index in [1.165, 1.54) is 0 Å². The van der Waals surface area contributed by atoms with E-state index in [-0.39, 0.29) is 11.2 Å². The van der Waals surface area contributed by atoms with Crippen LogP contribution in [0.5, 0.6) is 11.5 Å². The zero-order valence-corrected chi connectivity index (χ0v) is 13.3. The van der Waals surface area contributed by atoms with E-state index in [1.54, 1.807) is 36.4 Å². The third kappa shape index (κ3) is 3.03. The number of anilines is 2. The Morgan fingerprint density at radius 2 is 1.65 bits per heavy atom. The highest BCUT2D eigenvalue weighted by Gasteiger charge is 2.22. The maximum Gasteiger partial charge on any atom is 0.323 e. The van der Waals surface area contributed by atoms with Gasteiger partial charge in [-0.1, -0.05) is 18.2 Å². The summed E-state index contributed by atoms with van der Waals surface area (Å²) in [6.45, 7) is 0. The van der Waals surface area contributed by atoms with Gasteiger partial charge in [-0.25, -0.2) is 4.63 Å². The second-order valence-electron chi connectivity index (χ2n) is 5.42. The van der Waals surface area contributed by atoms with Crippen molar-refractivity contribution in [1.29, 1.82) is 0 Å². The number of nitro benzene ring substituents is 1.